The second-order valence-electron chi connectivity index (χ2n) is 9.49. The quantitative estimate of drug-likeness (QED) is 0.348. The molecule has 0 aliphatic carbocycles. The number of rotatable bonds is 4. The van der Waals surface area contributed by atoms with Crippen LogP contribution in [0.5, 0.6) is 0 Å². The molecule has 1 unspecified atom stereocenters. The van der Waals surface area contributed by atoms with Gasteiger partial charge in [0, 0.05) is 55.5 Å². The summed E-state index contributed by atoms with van der Waals surface area (Å²) < 4.78 is 19.0. The standard InChI is InChI=1S/C30H28FN5O2/c1-38-29(37)20-28-26-4-2-3-5-27(26)33-30(35-16-14-34(15-17-35)24-10-12-32-13-11-24)36(28)25-9-7-21-18-23(31)8-6-22(21)19-25/h2-13,18-19,28H,14-17,20H2,1H3. The summed E-state index contributed by atoms with van der Waals surface area (Å²) >= 11 is 0. The number of hydrogen-bond donors (Lipinski definition) is 0. The molecule has 2 aliphatic heterocycles. The average molecular weight is 510 g/mol. The molecule has 3 heterocycles. The first-order chi connectivity index (χ1) is 18.6. The number of nitrogens with zero attached hydrogens (tertiary/aromatic N) is 5. The Kier molecular flexibility index (Phi) is 6.37. The average Bonchev–Trinajstić information content (AvgIpc) is 2.97. The summed E-state index contributed by atoms with van der Waals surface area (Å²) in [5.74, 6) is 0.241. The number of pyridine rings is 1. The van der Waals surface area contributed by atoms with Crippen molar-refractivity contribution in [3.8, 4) is 0 Å². The number of aromatic nitrogens is 1. The second kappa shape index (κ2) is 10.1. The smallest absolute Gasteiger partial charge is 0.307 e. The lowest BCUT2D eigenvalue weighted by Gasteiger charge is -2.45. The predicted molar refractivity (Wildman–Crippen MR) is 147 cm³/mol. The maximum Gasteiger partial charge on any atom is 0.307 e. The zero-order chi connectivity index (χ0) is 26.1. The summed E-state index contributed by atoms with van der Waals surface area (Å²) in [5.41, 5.74) is 3.86. The molecule has 1 fully saturated rings. The van der Waals surface area contributed by atoms with E-state index in [-0.39, 0.29) is 24.2 Å². The van der Waals surface area contributed by atoms with E-state index in [0.29, 0.717) is 0 Å². The van der Waals surface area contributed by atoms with Crippen molar-refractivity contribution in [3.63, 3.8) is 0 Å². The minimum Gasteiger partial charge on any atom is -0.469 e. The van der Waals surface area contributed by atoms with Gasteiger partial charge in [-0.1, -0.05) is 30.3 Å². The van der Waals surface area contributed by atoms with Gasteiger partial charge in [0.15, 0.2) is 0 Å². The van der Waals surface area contributed by atoms with E-state index in [9.17, 15) is 9.18 Å². The summed E-state index contributed by atoms with van der Waals surface area (Å²) in [5, 5.41) is 1.74. The number of fused-ring (bicyclic) bond motifs is 2. The molecule has 0 radical (unpaired) electrons. The molecule has 4 aromatic rings. The summed E-state index contributed by atoms with van der Waals surface area (Å²) in [7, 11) is 1.42. The van der Waals surface area contributed by atoms with Gasteiger partial charge in [-0.3, -0.25) is 9.78 Å². The SMILES string of the molecule is COC(=O)CC1c2ccccc2N=C(N2CCN(c3ccncc3)CC2)N1c1ccc2cc(F)ccc2c1. The molecule has 0 saturated carbocycles. The van der Waals surface area contributed by atoms with Crippen LogP contribution in [-0.2, 0) is 9.53 Å². The molecule has 7 nitrogen and oxygen atoms in total. The van der Waals surface area contributed by atoms with E-state index in [1.165, 1.54) is 19.2 Å². The number of methoxy groups -OCH3 is 1. The fraction of sp³-hybridized carbons (Fsp3) is 0.233. The molecule has 8 heteroatoms. The molecule has 0 amide bonds. The van der Waals surface area contributed by atoms with E-state index >= 15 is 0 Å². The zero-order valence-corrected chi connectivity index (χ0v) is 21.1. The number of benzene rings is 3. The number of piperazine rings is 1. The van der Waals surface area contributed by atoms with Crippen molar-refractivity contribution < 1.29 is 13.9 Å². The first kappa shape index (κ1) is 23.9. The molecule has 3 aromatic carbocycles. The Balaban J connectivity index is 1.41. The van der Waals surface area contributed by atoms with Gasteiger partial charge in [-0.25, -0.2) is 9.38 Å². The summed E-state index contributed by atoms with van der Waals surface area (Å²) in [6.07, 6.45) is 3.80. The highest BCUT2D eigenvalue weighted by molar-refractivity contribution is 6.02. The van der Waals surface area contributed by atoms with Gasteiger partial charge in [-0.15, -0.1) is 0 Å². The van der Waals surface area contributed by atoms with E-state index in [2.05, 4.69) is 19.7 Å². The number of aliphatic imine (C=N–C) groups is 1. The summed E-state index contributed by atoms with van der Waals surface area (Å²) in [6.45, 7) is 3.20. The Hall–Kier alpha value is -4.46. The van der Waals surface area contributed by atoms with Gasteiger partial charge >= 0.3 is 5.97 Å². The van der Waals surface area contributed by atoms with Gasteiger partial charge in [0.05, 0.1) is 25.3 Å². The number of carbonyl (C=O) groups is 1. The molecule has 1 aromatic heterocycles. The highest BCUT2D eigenvalue weighted by atomic mass is 19.1. The maximum absolute atomic E-state index is 13.9. The van der Waals surface area contributed by atoms with Crippen LogP contribution >= 0.6 is 0 Å². The van der Waals surface area contributed by atoms with Gasteiger partial charge in [0.25, 0.3) is 0 Å². The van der Waals surface area contributed by atoms with E-state index in [0.717, 1.165) is 65.5 Å². The third-order valence-corrected chi connectivity index (χ3v) is 7.29. The highest BCUT2D eigenvalue weighted by Gasteiger charge is 2.36. The topological polar surface area (TPSA) is 61.3 Å². The van der Waals surface area contributed by atoms with Crippen molar-refractivity contribution in [2.24, 2.45) is 4.99 Å². The van der Waals surface area contributed by atoms with Gasteiger partial charge in [-0.2, -0.15) is 0 Å². The Bertz CT molecular complexity index is 1500. The number of para-hydroxylation sites is 1. The monoisotopic (exact) mass is 509 g/mol. The molecule has 38 heavy (non-hydrogen) atoms. The van der Waals surface area contributed by atoms with E-state index in [1.54, 1.807) is 6.07 Å². The van der Waals surface area contributed by atoms with Crippen molar-refractivity contribution in [1.29, 1.82) is 0 Å². The van der Waals surface area contributed by atoms with Gasteiger partial charge in [-0.05, 0) is 53.2 Å². The van der Waals surface area contributed by atoms with Crippen LogP contribution in [0.3, 0.4) is 0 Å². The van der Waals surface area contributed by atoms with Crippen molar-refractivity contribution in [2.75, 3.05) is 43.1 Å². The fourth-order valence-corrected chi connectivity index (χ4v) is 5.35. The molecule has 0 spiro atoms. The lowest BCUT2D eigenvalue weighted by Crippen LogP contribution is -2.55. The third kappa shape index (κ3) is 4.53. The van der Waals surface area contributed by atoms with Gasteiger partial charge in [0.2, 0.25) is 5.96 Å². The van der Waals surface area contributed by atoms with Crippen LogP contribution in [0.1, 0.15) is 18.0 Å². The molecule has 0 bridgehead atoms. The van der Waals surface area contributed by atoms with Gasteiger partial charge in [0.1, 0.15) is 5.82 Å². The van der Waals surface area contributed by atoms with Crippen molar-refractivity contribution in [2.45, 2.75) is 12.5 Å². The van der Waals surface area contributed by atoms with Crippen LogP contribution in [0.25, 0.3) is 10.8 Å². The normalized spacial score (nSPS) is 17.3. The minimum atomic E-state index is -0.303. The lowest BCUT2D eigenvalue weighted by molar-refractivity contribution is -0.141. The van der Waals surface area contributed by atoms with Crippen molar-refractivity contribution >= 4 is 39.8 Å². The van der Waals surface area contributed by atoms with Gasteiger partial charge < -0.3 is 19.4 Å². The molecule has 0 N–H and O–H groups in total. The molecular weight excluding hydrogens is 481 g/mol. The van der Waals surface area contributed by atoms with Crippen LogP contribution in [0.2, 0.25) is 0 Å². The number of carbonyl (C=O) groups excluding carboxylic acids is 1. The Morgan fingerprint density at radius 1 is 0.895 bits per heavy atom. The second-order valence-corrected chi connectivity index (χ2v) is 9.49. The number of halogens is 1. The zero-order valence-electron chi connectivity index (χ0n) is 21.1. The third-order valence-electron chi connectivity index (χ3n) is 7.29. The van der Waals surface area contributed by atoms with Crippen LogP contribution in [-0.4, -0.2) is 55.1 Å². The van der Waals surface area contributed by atoms with E-state index < -0.39 is 0 Å². The molecule has 1 saturated heterocycles. The number of anilines is 2. The van der Waals surface area contributed by atoms with Crippen molar-refractivity contribution in [1.82, 2.24) is 9.88 Å². The van der Waals surface area contributed by atoms with E-state index in [1.807, 2.05) is 67.0 Å². The highest BCUT2D eigenvalue weighted by Crippen LogP contribution is 2.41. The Morgan fingerprint density at radius 3 is 2.39 bits per heavy atom. The van der Waals surface area contributed by atoms with E-state index in [4.69, 9.17) is 9.73 Å². The molecule has 192 valence electrons. The molecule has 1 atom stereocenters. The molecule has 2 aliphatic rings. The van der Waals surface area contributed by atoms with Crippen LogP contribution in [0.15, 0.2) is 90.2 Å². The summed E-state index contributed by atoms with van der Waals surface area (Å²) in [6, 6.07) is 22.4. The predicted octanol–water partition coefficient (Wildman–Crippen LogP) is 5.31. The summed E-state index contributed by atoms with van der Waals surface area (Å²) in [4.78, 5) is 28.7. The fourth-order valence-electron chi connectivity index (χ4n) is 5.35. The van der Waals surface area contributed by atoms with Crippen LogP contribution in [0.4, 0.5) is 21.5 Å². The lowest BCUT2D eigenvalue weighted by atomic mass is 9.97. The molecule has 6 rings (SSSR count). The van der Waals surface area contributed by atoms with Crippen LogP contribution < -0.4 is 9.80 Å². The number of hydrogen-bond acceptors (Lipinski definition) is 7. The molecular formula is C30H28FN5O2. The number of guanidine groups is 1. The maximum atomic E-state index is 13.9. The number of esters is 1. The first-order valence-corrected chi connectivity index (χ1v) is 12.7. The van der Waals surface area contributed by atoms with Crippen LogP contribution in [0, 0.1) is 5.82 Å². The minimum absolute atomic E-state index is 0.172. The Labute approximate surface area is 220 Å². The Morgan fingerprint density at radius 2 is 1.61 bits per heavy atom. The first-order valence-electron chi connectivity index (χ1n) is 12.7. The van der Waals surface area contributed by atoms with Crippen molar-refractivity contribution in [3.05, 3.63) is 96.6 Å². The largest absolute Gasteiger partial charge is 0.469 e. The number of ether oxygens (including phenoxy) is 1.